The van der Waals surface area contributed by atoms with E-state index in [2.05, 4.69) is 0 Å². The topological polar surface area (TPSA) is 53.8 Å². The van der Waals surface area contributed by atoms with Crippen molar-refractivity contribution in [3.8, 4) is 0 Å². The highest BCUT2D eigenvalue weighted by molar-refractivity contribution is 6.35. The van der Waals surface area contributed by atoms with E-state index in [1.165, 1.54) is 6.26 Å². The average Bonchev–Trinajstić information content (AvgIpc) is 3.27. The van der Waals surface area contributed by atoms with Crippen LogP contribution in [0.4, 0.5) is 0 Å². The molecule has 1 aliphatic rings. The number of carbonyl (C=O) groups excluding carboxylic acids is 2. The van der Waals surface area contributed by atoms with Crippen molar-refractivity contribution < 1.29 is 14.0 Å². The summed E-state index contributed by atoms with van der Waals surface area (Å²) in [6.45, 7) is 0.902. The van der Waals surface area contributed by atoms with Crippen LogP contribution in [0.2, 0.25) is 10.0 Å². The maximum Gasteiger partial charge on any atom is 0.290 e. The van der Waals surface area contributed by atoms with Gasteiger partial charge in [-0.05, 0) is 42.7 Å². The standard InChI is InChI=1S/C18H18Cl2N2O3/c1-21(11-12-6-7-13(19)10-14(12)20)17(23)15-4-2-8-22(15)18(24)16-5-3-9-25-16/h3,5-7,9-10,15H,2,4,8,11H2,1H3. The van der Waals surface area contributed by atoms with Crippen LogP contribution in [0.1, 0.15) is 29.0 Å². The number of carbonyl (C=O) groups is 2. The number of likely N-dealkylation sites (N-methyl/N-ethyl adjacent to an activating group) is 1. The zero-order chi connectivity index (χ0) is 18.0. The van der Waals surface area contributed by atoms with Gasteiger partial charge in [-0.15, -0.1) is 0 Å². The molecule has 2 heterocycles. The largest absolute Gasteiger partial charge is 0.459 e. The van der Waals surface area contributed by atoms with Crippen LogP contribution in [0.3, 0.4) is 0 Å². The van der Waals surface area contributed by atoms with Gasteiger partial charge in [0.2, 0.25) is 5.91 Å². The Balaban J connectivity index is 1.71. The van der Waals surface area contributed by atoms with Gasteiger partial charge in [0.15, 0.2) is 5.76 Å². The molecule has 132 valence electrons. The first kappa shape index (κ1) is 17.8. The van der Waals surface area contributed by atoms with Crippen molar-refractivity contribution in [2.75, 3.05) is 13.6 Å². The van der Waals surface area contributed by atoms with Crippen LogP contribution in [-0.4, -0.2) is 41.2 Å². The summed E-state index contributed by atoms with van der Waals surface area (Å²) in [5.74, 6) is -0.106. The quantitative estimate of drug-likeness (QED) is 0.809. The fourth-order valence-corrected chi connectivity index (χ4v) is 3.51. The van der Waals surface area contributed by atoms with E-state index >= 15 is 0 Å². The number of hydrogen-bond donors (Lipinski definition) is 0. The van der Waals surface area contributed by atoms with Crippen LogP contribution in [0.15, 0.2) is 41.0 Å². The summed E-state index contributed by atoms with van der Waals surface area (Å²) in [5.41, 5.74) is 0.809. The highest BCUT2D eigenvalue weighted by Crippen LogP contribution is 2.25. The molecule has 25 heavy (non-hydrogen) atoms. The second kappa shape index (κ2) is 7.50. The molecule has 3 rings (SSSR count). The summed E-state index contributed by atoms with van der Waals surface area (Å²) in [5, 5.41) is 1.07. The van der Waals surface area contributed by atoms with Gasteiger partial charge in [0, 0.05) is 30.2 Å². The normalized spacial score (nSPS) is 16.9. The van der Waals surface area contributed by atoms with E-state index in [-0.39, 0.29) is 17.6 Å². The highest BCUT2D eigenvalue weighted by atomic mass is 35.5. The second-order valence-electron chi connectivity index (χ2n) is 6.06. The Hall–Kier alpha value is -1.98. The Morgan fingerprint density at radius 2 is 2.12 bits per heavy atom. The van der Waals surface area contributed by atoms with Gasteiger partial charge in [0.05, 0.1) is 6.26 Å². The molecular formula is C18H18Cl2N2O3. The molecule has 0 aliphatic carbocycles. The third-order valence-electron chi connectivity index (χ3n) is 4.33. The summed E-state index contributed by atoms with van der Waals surface area (Å²) in [7, 11) is 1.71. The van der Waals surface area contributed by atoms with Crippen molar-refractivity contribution in [1.29, 1.82) is 0 Å². The molecule has 2 aromatic rings. The van der Waals surface area contributed by atoms with E-state index < -0.39 is 6.04 Å². The Bertz CT molecular complexity index is 777. The molecule has 7 heteroatoms. The lowest BCUT2D eigenvalue weighted by molar-refractivity contribution is -0.134. The molecule has 1 unspecified atom stereocenters. The van der Waals surface area contributed by atoms with Crippen molar-refractivity contribution >= 4 is 35.0 Å². The monoisotopic (exact) mass is 380 g/mol. The van der Waals surface area contributed by atoms with Crippen LogP contribution in [-0.2, 0) is 11.3 Å². The van der Waals surface area contributed by atoms with Gasteiger partial charge in [0.25, 0.3) is 5.91 Å². The number of rotatable bonds is 4. The molecule has 1 aromatic carbocycles. The molecule has 1 aromatic heterocycles. The lowest BCUT2D eigenvalue weighted by atomic mass is 10.1. The lowest BCUT2D eigenvalue weighted by Gasteiger charge is -2.27. The predicted octanol–water partition coefficient (Wildman–Crippen LogP) is 3.85. The van der Waals surface area contributed by atoms with Crippen LogP contribution in [0.25, 0.3) is 0 Å². The predicted molar refractivity (Wildman–Crippen MR) is 95.7 cm³/mol. The summed E-state index contributed by atoms with van der Waals surface area (Å²) in [4.78, 5) is 28.5. The lowest BCUT2D eigenvalue weighted by Crippen LogP contribution is -2.46. The molecule has 1 fully saturated rings. The van der Waals surface area contributed by atoms with E-state index in [1.54, 1.807) is 47.2 Å². The highest BCUT2D eigenvalue weighted by Gasteiger charge is 2.37. The minimum atomic E-state index is -0.478. The summed E-state index contributed by atoms with van der Waals surface area (Å²) >= 11 is 12.1. The summed E-state index contributed by atoms with van der Waals surface area (Å²) < 4.78 is 5.17. The Labute approximate surface area is 156 Å². The van der Waals surface area contributed by atoms with Crippen LogP contribution in [0, 0.1) is 0 Å². The van der Waals surface area contributed by atoms with Gasteiger partial charge in [-0.2, -0.15) is 0 Å². The Morgan fingerprint density at radius 1 is 1.32 bits per heavy atom. The minimum absolute atomic E-state index is 0.108. The molecule has 2 amide bonds. The number of furan rings is 1. The number of nitrogens with zero attached hydrogens (tertiary/aromatic N) is 2. The van der Waals surface area contributed by atoms with Crippen molar-refractivity contribution in [2.45, 2.75) is 25.4 Å². The first-order chi connectivity index (χ1) is 12.0. The van der Waals surface area contributed by atoms with Gasteiger partial charge in [0.1, 0.15) is 6.04 Å². The van der Waals surface area contributed by atoms with Gasteiger partial charge in [-0.3, -0.25) is 9.59 Å². The zero-order valence-corrected chi connectivity index (χ0v) is 15.3. The minimum Gasteiger partial charge on any atom is -0.459 e. The average molecular weight is 381 g/mol. The van der Waals surface area contributed by atoms with E-state index in [1.807, 2.05) is 0 Å². The molecule has 0 radical (unpaired) electrons. The van der Waals surface area contributed by atoms with Gasteiger partial charge >= 0.3 is 0 Å². The van der Waals surface area contributed by atoms with Gasteiger partial charge in [-0.1, -0.05) is 29.3 Å². The maximum absolute atomic E-state index is 12.8. The van der Waals surface area contributed by atoms with Crippen molar-refractivity contribution in [3.63, 3.8) is 0 Å². The first-order valence-electron chi connectivity index (χ1n) is 8.00. The second-order valence-corrected chi connectivity index (χ2v) is 6.91. The fourth-order valence-electron chi connectivity index (χ4n) is 3.05. The molecule has 0 bridgehead atoms. The summed E-state index contributed by atoms with van der Waals surface area (Å²) in [6, 6.07) is 7.99. The fraction of sp³-hybridized carbons (Fsp3) is 0.333. The van der Waals surface area contributed by atoms with Gasteiger partial charge in [-0.25, -0.2) is 0 Å². The number of likely N-dealkylation sites (tertiary alicyclic amines) is 1. The first-order valence-corrected chi connectivity index (χ1v) is 8.76. The molecule has 1 atom stereocenters. The molecule has 5 nitrogen and oxygen atoms in total. The van der Waals surface area contributed by atoms with E-state index in [0.29, 0.717) is 29.6 Å². The number of amides is 2. The third kappa shape index (κ3) is 3.83. The molecule has 0 saturated carbocycles. The number of halogens is 2. The third-order valence-corrected chi connectivity index (χ3v) is 4.92. The number of benzene rings is 1. The van der Waals surface area contributed by atoms with E-state index in [0.717, 1.165) is 12.0 Å². The Kier molecular flexibility index (Phi) is 5.35. The molecule has 1 saturated heterocycles. The zero-order valence-electron chi connectivity index (χ0n) is 13.7. The van der Waals surface area contributed by atoms with Crippen molar-refractivity contribution in [2.24, 2.45) is 0 Å². The maximum atomic E-state index is 12.8. The SMILES string of the molecule is CN(Cc1ccc(Cl)cc1Cl)C(=O)C1CCCN1C(=O)c1ccco1. The van der Waals surface area contributed by atoms with Crippen LogP contribution in [0.5, 0.6) is 0 Å². The number of hydrogen-bond acceptors (Lipinski definition) is 3. The molecule has 0 spiro atoms. The molecular weight excluding hydrogens is 363 g/mol. The Morgan fingerprint density at radius 3 is 2.80 bits per heavy atom. The van der Waals surface area contributed by atoms with Crippen molar-refractivity contribution in [3.05, 3.63) is 58.0 Å². The van der Waals surface area contributed by atoms with Gasteiger partial charge < -0.3 is 14.2 Å². The molecule has 1 aliphatic heterocycles. The van der Waals surface area contributed by atoms with E-state index in [9.17, 15) is 9.59 Å². The van der Waals surface area contributed by atoms with Crippen LogP contribution < -0.4 is 0 Å². The molecule has 0 N–H and O–H groups in total. The summed E-state index contributed by atoms with van der Waals surface area (Å²) in [6.07, 6.45) is 2.89. The van der Waals surface area contributed by atoms with Crippen molar-refractivity contribution in [1.82, 2.24) is 9.80 Å². The smallest absolute Gasteiger partial charge is 0.290 e. The van der Waals surface area contributed by atoms with Crippen LogP contribution >= 0.6 is 23.2 Å². The van der Waals surface area contributed by atoms with E-state index in [4.69, 9.17) is 27.6 Å².